The topological polar surface area (TPSA) is 91.7 Å². The molecule has 2 N–H and O–H groups in total. The van der Waals surface area contributed by atoms with Crippen molar-refractivity contribution >= 4 is 42.1 Å². The lowest BCUT2D eigenvalue weighted by Gasteiger charge is -1.58. The SMILES string of the molecule is CC(=O)S.O=C(O)S.O=CO. The van der Waals surface area contributed by atoms with Gasteiger partial charge in [-0.2, -0.15) is 0 Å². The van der Waals surface area contributed by atoms with Crippen molar-refractivity contribution in [2.24, 2.45) is 0 Å². The predicted octanol–water partition coefficient (Wildman–Crippen LogP) is 0.758. The highest BCUT2D eigenvalue weighted by molar-refractivity contribution is 7.96. The molecule has 7 heteroatoms. The number of rotatable bonds is 0. The highest BCUT2D eigenvalue weighted by Crippen LogP contribution is 1.66. The molecule has 0 saturated carbocycles. The van der Waals surface area contributed by atoms with Crippen LogP contribution in [0.25, 0.3) is 0 Å². The van der Waals surface area contributed by atoms with Crippen molar-refractivity contribution in [3.05, 3.63) is 0 Å². The van der Waals surface area contributed by atoms with E-state index in [1.54, 1.807) is 0 Å². The van der Waals surface area contributed by atoms with Gasteiger partial charge in [0.2, 0.25) is 0 Å². The highest BCUT2D eigenvalue weighted by atomic mass is 32.1. The normalized spacial score (nSPS) is 5.73. The Kier molecular flexibility index (Phi) is 24.5. The zero-order chi connectivity index (χ0) is 9.86. The molecule has 0 radical (unpaired) electrons. The number of thiol groups is 2. The summed E-state index contributed by atoms with van der Waals surface area (Å²) in [6.45, 7) is 1.14. The molecule has 0 heterocycles. The first-order valence-corrected chi connectivity index (χ1v) is 2.97. The number of carbonyl (C=O) groups excluding carboxylic acids is 1. The monoisotopic (exact) mass is 200 g/mol. The molecular weight excluding hydrogens is 192 g/mol. The minimum atomic E-state index is -1.14. The average Bonchev–Trinajstić information content (AvgIpc) is 1.60. The maximum absolute atomic E-state index is 9.31. The Labute approximate surface area is 74.2 Å². The van der Waals surface area contributed by atoms with Crippen LogP contribution in [0.1, 0.15) is 6.92 Å². The number of hydrogen-bond acceptors (Lipinski definition) is 3. The Hall–Kier alpha value is -0.690. The predicted molar refractivity (Wildman–Crippen MR) is 45.4 cm³/mol. The summed E-state index contributed by atoms with van der Waals surface area (Å²) in [5, 5.41) is 12.9. The molecule has 0 aromatic heterocycles. The summed E-state index contributed by atoms with van der Waals surface area (Å²) in [6.07, 6.45) is 0. The lowest BCUT2D eigenvalue weighted by atomic mass is 10.9. The van der Waals surface area contributed by atoms with Gasteiger partial charge in [0.25, 0.3) is 6.47 Å². The van der Waals surface area contributed by atoms with Gasteiger partial charge in [-0.15, -0.1) is 12.6 Å². The molecule has 66 valence electrons. The third-order valence-electron chi connectivity index (χ3n) is 0. The molecule has 0 unspecified atom stereocenters. The van der Waals surface area contributed by atoms with Crippen LogP contribution in [0.15, 0.2) is 0 Å². The van der Waals surface area contributed by atoms with Crippen molar-refractivity contribution in [3.8, 4) is 0 Å². The Balaban J connectivity index is -0.0000000886. The number of carboxylic acid groups (broad SMARTS) is 2. The molecule has 0 saturated heterocycles. The van der Waals surface area contributed by atoms with E-state index in [1.165, 1.54) is 6.92 Å². The van der Waals surface area contributed by atoms with Gasteiger partial charge in [-0.25, -0.2) is 4.79 Å². The van der Waals surface area contributed by atoms with Crippen LogP contribution < -0.4 is 0 Å². The second-order valence-corrected chi connectivity index (χ2v) is 1.92. The lowest BCUT2D eigenvalue weighted by Crippen LogP contribution is -1.67. The molecule has 11 heavy (non-hydrogen) atoms. The van der Waals surface area contributed by atoms with Gasteiger partial charge in [0.05, 0.1) is 0 Å². The van der Waals surface area contributed by atoms with E-state index in [-0.39, 0.29) is 11.6 Å². The molecule has 0 aliphatic heterocycles. The summed E-state index contributed by atoms with van der Waals surface area (Å²) in [4.78, 5) is 26.5. The third kappa shape index (κ3) is 1040. The lowest BCUT2D eigenvalue weighted by molar-refractivity contribution is -0.122. The molecule has 0 aromatic rings. The van der Waals surface area contributed by atoms with E-state index >= 15 is 0 Å². The van der Waals surface area contributed by atoms with Gasteiger partial charge in [0.15, 0.2) is 5.12 Å². The van der Waals surface area contributed by atoms with Crippen LogP contribution in [0.4, 0.5) is 4.79 Å². The van der Waals surface area contributed by atoms with Crippen LogP contribution in [-0.4, -0.2) is 27.1 Å². The van der Waals surface area contributed by atoms with E-state index in [1.807, 2.05) is 0 Å². The average molecular weight is 200 g/mol. The molecule has 0 fully saturated rings. The van der Waals surface area contributed by atoms with E-state index in [0.29, 0.717) is 0 Å². The van der Waals surface area contributed by atoms with E-state index in [4.69, 9.17) is 19.8 Å². The summed E-state index contributed by atoms with van der Waals surface area (Å²) >= 11 is 6.21. The molecule has 5 nitrogen and oxygen atoms in total. The minimum absolute atomic E-state index is 0.139. The van der Waals surface area contributed by atoms with E-state index < -0.39 is 5.30 Å². The molecule has 0 spiro atoms. The second kappa shape index (κ2) is 16.1. The van der Waals surface area contributed by atoms with Gasteiger partial charge in [0, 0.05) is 6.92 Å². The minimum Gasteiger partial charge on any atom is -0.483 e. The fraction of sp³-hybridized carbons (Fsp3) is 0.250. The highest BCUT2D eigenvalue weighted by Gasteiger charge is 1.67. The molecule has 0 atom stereocenters. The van der Waals surface area contributed by atoms with E-state index in [0.717, 1.165) is 0 Å². The van der Waals surface area contributed by atoms with Crippen LogP contribution in [0.3, 0.4) is 0 Å². The molecule has 0 aliphatic carbocycles. The van der Waals surface area contributed by atoms with Crippen LogP contribution in [0, 0.1) is 0 Å². The maximum Gasteiger partial charge on any atom is 0.361 e. The van der Waals surface area contributed by atoms with Crippen molar-refractivity contribution in [2.75, 3.05) is 0 Å². The molecule has 0 amide bonds. The second-order valence-electron chi connectivity index (χ2n) is 0.907. The maximum atomic E-state index is 9.31. The van der Waals surface area contributed by atoms with Gasteiger partial charge in [0.1, 0.15) is 0 Å². The first kappa shape index (κ1) is 16.7. The number of carbonyl (C=O) groups is 3. The Morgan fingerprint density at radius 2 is 1.36 bits per heavy atom. The summed E-state index contributed by atoms with van der Waals surface area (Å²) in [5.74, 6) is 0. The van der Waals surface area contributed by atoms with Gasteiger partial charge in [-0.3, -0.25) is 9.59 Å². The molecule has 0 bridgehead atoms. The summed E-state index contributed by atoms with van der Waals surface area (Å²) in [5.41, 5.74) is 0. The standard InChI is InChI=1S/C2H4OS.CH2O2S.CH2O2/c1-2(3)4;2-1(3)4;2-1-3/h1H3,(H,3,4);4H,(H,2,3);1H,(H,2,3). The van der Waals surface area contributed by atoms with Crippen LogP contribution in [0.2, 0.25) is 0 Å². The van der Waals surface area contributed by atoms with E-state index in [2.05, 4.69) is 25.3 Å². The Morgan fingerprint density at radius 3 is 1.36 bits per heavy atom. The van der Waals surface area contributed by atoms with Crippen molar-refractivity contribution in [3.63, 3.8) is 0 Å². The summed E-state index contributed by atoms with van der Waals surface area (Å²) < 4.78 is 0. The largest absolute Gasteiger partial charge is 0.483 e. The molecule has 0 aliphatic rings. The molecular formula is C4H8O5S2. The van der Waals surface area contributed by atoms with Crippen molar-refractivity contribution in [1.82, 2.24) is 0 Å². The zero-order valence-electron chi connectivity index (χ0n) is 5.59. The number of hydrogen-bond donors (Lipinski definition) is 4. The van der Waals surface area contributed by atoms with E-state index in [9.17, 15) is 4.79 Å². The zero-order valence-corrected chi connectivity index (χ0v) is 7.38. The summed E-state index contributed by atoms with van der Waals surface area (Å²) in [6, 6.07) is 0. The van der Waals surface area contributed by atoms with Crippen LogP contribution in [-0.2, 0) is 9.59 Å². The summed E-state index contributed by atoms with van der Waals surface area (Å²) in [7, 11) is 0. The quantitative estimate of drug-likeness (QED) is 0.342. The fourth-order valence-electron chi connectivity index (χ4n) is 0. The van der Waals surface area contributed by atoms with Gasteiger partial charge in [-0.1, -0.05) is 12.6 Å². The van der Waals surface area contributed by atoms with Gasteiger partial charge < -0.3 is 10.2 Å². The first-order valence-electron chi connectivity index (χ1n) is 2.07. The van der Waals surface area contributed by atoms with Gasteiger partial charge in [-0.05, 0) is 0 Å². The Bertz CT molecular complexity index is 104. The van der Waals surface area contributed by atoms with Crippen molar-refractivity contribution < 1.29 is 24.6 Å². The van der Waals surface area contributed by atoms with Crippen LogP contribution >= 0.6 is 25.3 Å². The van der Waals surface area contributed by atoms with Gasteiger partial charge >= 0.3 is 5.30 Å². The third-order valence-corrected chi connectivity index (χ3v) is 0. The fourth-order valence-corrected chi connectivity index (χ4v) is 0. The first-order chi connectivity index (χ1) is 4.88. The Morgan fingerprint density at radius 1 is 1.36 bits per heavy atom. The van der Waals surface area contributed by atoms with Crippen molar-refractivity contribution in [1.29, 1.82) is 0 Å². The van der Waals surface area contributed by atoms with Crippen molar-refractivity contribution in [2.45, 2.75) is 6.92 Å². The van der Waals surface area contributed by atoms with Crippen LogP contribution in [0.5, 0.6) is 0 Å². The molecule has 0 aromatic carbocycles. The molecule has 0 rings (SSSR count). The smallest absolute Gasteiger partial charge is 0.361 e.